The lowest BCUT2D eigenvalue weighted by Gasteiger charge is -2.11. The molecule has 0 heterocycles. The molecule has 2 unspecified atom stereocenters. The SMILES string of the molecule is CCC1CC1Nc1ccc(C)cc1C(N)=S. The van der Waals surface area contributed by atoms with Gasteiger partial charge >= 0.3 is 0 Å². The summed E-state index contributed by atoms with van der Waals surface area (Å²) in [6, 6.07) is 6.83. The zero-order valence-electron chi connectivity index (χ0n) is 9.79. The van der Waals surface area contributed by atoms with Gasteiger partial charge in [0.2, 0.25) is 0 Å². The van der Waals surface area contributed by atoms with E-state index < -0.39 is 0 Å². The summed E-state index contributed by atoms with van der Waals surface area (Å²) < 4.78 is 0. The molecule has 86 valence electrons. The van der Waals surface area contributed by atoms with Gasteiger partial charge in [-0.3, -0.25) is 0 Å². The molecule has 1 aliphatic rings. The van der Waals surface area contributed by atoms with E-state index in [1.807, 2.05) is 6.07 Å². The minimum atomic E-state index is 0.472. The second kappa shape index (κ2) is 4.42. The van der Waals surface area contributed by atoms with Crippen molar-refractivity contribution >= 4 is 22.9 Å². The van der Waals surface area contributed by atoms with Crippen LogP contribution in [0.3, 0.4) is 0 Å². The van der Waals surface area contributed by atoms with Gasteiger partial charge in [-0.1, -0.05) is 37.2 Å². The molecule has 1 aliphatic carbocycles. The van der Waals surface area contributed by atoms with Crippen molar-refractivity contribution in [3.05, 3.63) is 29.3 Å². The zero-order chi connectivity index (χ0) is 11.7. The Morgan fingerprint density at radius 1 is 1.56 bits per heavy atom. The molecule has 1 aromatic rings. The van der Waals surface area contributed by atoms with Crippen LogP contribution in [-0.2, 0) is 0 Å². The van der Waals surface area contributed by atoms with Gasteiger partial charge in [0.25, 0.3) is 0 Å². The summed E-state index contributed by atoms with van der Waals surface area (Å²) in [6.07, 6.45) is 2.51. The molecule has 0 aromatic heterocycles. The third-order valence-electron chi connectivity index (χ3n) is 3.23. The van der Waals surface area contributed by atoms with Crippen molar-refractivity contribution in [2.45, 2.75) is 32.7 Å². The van der Waals surface area contributed by atoms with Gasteiger partial charge in [-0.2, -0.15) is 0 Å². The van der Waals surface area contributed by atoms with Crippen LogP contribution in [0.1, 0.15) is 30.9 Å². The van der Waals surface area contributed by atoms with Crippen molar-refractivity contribution in [3.8, 4) is 0 Å². The Bertz CT molecular complexity index is 414. The Labute approximate surface area is 102 Å². The third kappa shape index (κ3) is 2.35. The van der Waals surface area contributed by atoms with Crippen LogP contribution in [0, 0.1) is 12.8 Å². The molecule has 0 spiro atoms. The highest BCUT2D eigenvalue weighted by molar-refractivity contribution is 7.80. The predicted molar refractivity (Wildman–Crippen MR) is 72.9 cm³/mol. The maximum Gasteiger partial charge on any atom is 0.106 e. The maximum atomic E-state index is 5.74. The van der Waals surface area contributed by atoms with Crippen molar-refractivity contribution in [3.63, 3.8) is 0 Å². The van der Waals surface area contributed by atoms with Crippen molar-refractivity contribution in [1.82, 2.24) is 0 Å². The smallest absolute Gasteiger partial charge is 0.106 e. The Balaban J connectivity index is 2.17. The van der Waals surface area contributed by atoms with Gasteiger partial charge in [-0.05, 0) is 31.4 Å². The van der Waals surface area contributed by atoms with E-state index in [0.717, 1.165) is 17.2 Å². The lowest BCUT2D eigenvalue weighted by molar-refractivity contribution is 0.775. The maximum absolute atomic E-state index is 5.74. The van der Waals surface area contributed by atoms with Crippen molar-refractivity contribution in [2.75, 3.05) is 5.32 Å². The molecule has 1 fully saturated rings. The molecule has 0 radical (unpaired) electrons. The summed E-state index contributed by atoms with van der Waals surface area (Å²) in [4.78, 5) is 0.472. The molecule has 3 heteroatoms. The van der Waals surface area contributed by atoms with Gasteiger partial charge in [-0.25, -0.2) is 0 Å². The Morgan fingerprint density at radius 2 is 2.31 bits per heavy atom. The second-order valence-electron chi connectivity index (χ2n) is 4.57. The molecule has 0 amide bonds. The quantitative estimate of drug-likeness (QED) is 0.787. The summed E-state index contributed by atoms with van der Waals surface area (Å²) in [5, 5.41) is 3.53. The van der Waals surface area contributed by atoms with Crippen LogP contribution >= 0.6 is 12.2 Å². The van der Waals surface area contributed by atoms with E-state index in [1.165, 1.54) is 18.4 Å². The third-order valence-corrected chi connectivity index (χ3v) is 3.45. The summed E-state index contributed by atoms with van der Waals surface area (Å²) in [5.74, 6) is 0.820. The van der Waals surface area contributed by atoms with Gasteiger partial charge in [0, 0.05) is 17.3 Å². The minimum Gasteiger partial charge on any atom is -0.389 e. The molecule has 16 heavy (non-hydrogen) atoms. The molecule has 1 aromatic carbocycles. The van der Waals surface area contributed by atoms with Gasteiger partial charge in [-0.15, -0.1) is 0 Å². The number of rotatable bonds is 4. The standard InChI is InChI=1S/C13H18N2S/c1-3-9-7-12(9)15-11-5-4-8(2)6-10(11)13(14)16/h4-6,9,12,15H,3,7H2,1-2H3,(H2,14,16). The lowest BCUT2D eigenvalue weighted by atomic mass is 10.1. The fourth-order valence-electron chi connectivity index (χ4n) is 2.06. The number of aryl methyl sites for hydroxylation is 1. The number of nitrogens with one attached hydrogen (secondary N) is 1. The van der Waals surface area contributed by atoms with E-state index >= 15 is 0 Å². The molecule has 0 bridgehead atoms. The predicted octanol–water partition coefficient (Wildman–Crippen LogP) is 2.84. The van der Waals surface area contributed by atoms with E-state index in [-0.39, 0.29) is 0 Å². The van der Waals surface area contributed by atoms with E-state index in [0.29, 0.717) is 11.0 Å². The van der Waals surface area contributed by atoms with E-state index in [4.69, 9.17) is 18.0 Å². The summed E-state index contributed by atoms with van der Waals surface area (Å²) in [7, 11) is 0. The molecule has 0 saturated heterocycles. The number of anilines is 1. The highest BCUT2D eigenvalue weighted by Crippen LogP contribution is 2.36. The lowest BCUT2D eigenvalue weighted by Crippen LogP contribution is -2.15. The second-order valence-corrected chi connectivity index (χ2v) is 5.01. The fourth-order valence-corrected chi connectivity index (χ4v) is 2.23. The molecule has 2 nitrogen and oxygen atoms in total. The fraction of sp³-hybridized carbons (Fsp3) is 0.462. The molecule has 2 rings (SSSR count). The summed E-state index contributed by atoms with van der Waals surface area (Å²) >= 11 is 5.08. The molecule has 0 aliphatic heterocycles. The Hall–Kier alpha value is -1.09. The summed E-state index contributed by atoms with van der Waals surface area (Å²) in [6.45, 7) is 4.29. The van der Waals surface area contributed by atoms with Crippen molar-refractivity contribution in [2.24, 2.45) is 11.7 Å². The van der Waals surface area contributed by atoms with Crippen LogP contribution in [-0.4, -0.2) is 11.0 Å². The molecular formula is C13H18N2S. The van der Waals surface area contributed by atoms with E-state index in [1.54, 1.807) is 0 Å². The highest BCUT2D eigenvalue weighted by Gasteiger charge is 2.35. The number of nitrogens with two attached hydrogens (primary N) is 1. The molecular weight excluding hydrogens is 216 g/mol. The molecule has 2 atom stereocenters. The van der Waals surface area contributed by atoms with Crippen molar-refractivity contribution in [1.29, 1.82) is 0 Å². The number of hydrogen-bond acceptors (Lipinski definition) is 2. The average molecular weight is 234 g/mol. The van der Waals surface area contributed by atoms with Gasteiger partial charge in [0.15, 0.2) is 0 Å². The van der Waals surface area contributed by atoms with Crippen LogP contribution in [0.4, 0.5) is 5.69 Å². The molecule has 1 saturated carbocycles. The first-order valence-electron chi connectivity index (χ1n) is 5.78. The van der Waals surface area contributed by atoms with Gasteiger partial charge in [0.05, 0.1) is 0 Å². The first-order chi connectivity index (χ1) is 7.61. The van der Waals surface area contributed by atoms with Crippen LogP contribution < -0.4 is 11.1 Å². The van der Waals surface area contributed by atoms with E-state index in [2.05, 4.69) is 31.3 Å². The Morgan fingerprint density at radius 3 is 2.88 bits per heavy atom. The van der Waals surface area contributed by atoms with Crippen LogP contribution in [0.15, 0.2) is 18.2 Å². The first-order valence-corrected chi connectivity index (χ1v) is 6.19. The van der Waals surface area contributed by atoms with Gasteiger partial charge in [0.1, 0.15) is 4.99 Å². The van der Waals surface area contributed by atoms with E-state index in [9.17, 15) is 0 Å². The Kier molecular flexibility index (Phi) is 3.15. The number of benzene rings is 1. The highest BCUT2D eigenvalue weighted by atomic mass is 32.1. The minimum absolute atomic E-state index is 0.472. The van der Waals surface area contributed by atoms with Crippen molar-refractivity contribution < 1.29 is 0 Å². The number of hydrogen-bond donors (Lipinski definition) is 2. The van der Waals surface area contributed by atoms with Crippen LogP contribution in [0.5, 0.6) is 0 Å². The zero-order valence-corrected chi connectivity index (χ0v) is 10.6. The largest absolute Gasteiger partial charge is 0.389 e. The average Bonchev–Trinajstić information content (AvgIpc) is 2.99. The summed E-state index contributed by atoms with van der Waals surface area (Å²) in [5.41, 5.74) is 8.98. The number of thiocarbonyl (C=S) groups is 1. The van der Waals surface area contributed by atoms with Gasteiger partial charge < -0.3 is 11.1 Å². The van der Waals surface area contributed by atoms with Crippen LogP contribution in [0.25, 0.3) is 0 Å². The van der Waals surface area contributed by atoms with Crippen LogP contribution in [0.2, 0.25) is 0 Å². The normalized spacial score (nSPS) is 22.9. The monoisotopic (exact) mass is 234 g/mol. The molecule has 3 N–H and O–H groups in total. The first kappa shape index (κ1) is 11.4. The topological polar surface area (TPSA) is 38.0 Å².